The van der Waals surface area contributed by atoms with Crippen molar-refractivity contribution in [3.63, 3.8) is 0 Å². The van der Waals surface area contributed by atoms with Gasteiger partial charge in [-0.15, -0.1) is 0 Å². The van der Waals surface area contributed by atoms with Crippen molar-refractivity contribution in [3.05, 3.63) is 29.8 Å². The number of ether oxygens (including phenoxy) is 1. The van der Waals surface area contributed by atoms with Crippen LogP contribution in [-0.2, 0) is 11.3 Å². The monoisotopic (exact) mass is 264 g/mol. The number of carbonyl (C=O) groups is 1. The quantitative estimate of drug-likeness (QED) is 0.855. The van der Waals surface area contributed by atoms with Gasteiger partial charge >= 0.3 is 0 Å². The summed E-state index contributed by atoms with van der Waals surface area (Å²) in [6, 6.07) is 7.26. The van der Waals surface area contributed by atoms with E-state index in [1.54, 1.807) is 19.1 Å². The maximum absolute atomic E-state index is 12.1. The summed E-state index contributed by atoms with van der Waals surface area (Å²) in [4.78, 5) is 13.8. The minimum Gasteiger partial charge on any atom is -0.496 e. The minimum absolute atomic E-state index is 0.0281. The Morgan fingerprint density at radius 3 is 2.58 bits per heavy atom. The molecule has 4 heteroatoms. The van der Waals surface area contributed by atoms with Gasteiger partial charge in [0.15, 0.2) is 0 Å². The molecule has 0 aliphatic rings. The number of amides is 1. The highest BCUT2D eigenvalue weighted by atomic mass is 16.5. The maximum Gasteiger partial charge on any atom is 0.239 e. The summed E-state index contributed by atoms with van der Waals surface area (Å²) < 4.78 is 5.28. The lowest BCUT2D eigenvalue weighted by Crippen LogP contribution is -2.42. The van der Waals surface area contributed by atoms with E-state index >= 15 is 0 Å². The second-order valence-electron chi connectivity index (χ2n) is 5.24. The molecule has 1 aromatic rings. The van der Waals surface area contributed by atoms with Crippen LogP contribution in [0.3, 0.4) is 0 Å². The standard InChI is InChI=1S/C15H24N2O2/c1-11(2)9-13(16)15(18)17(3)10-12-7-5-6-8-14(12)19-4/h5-8,11,13H,9-10,16H2,1-4H3/t13-/m0/s1. The third kappa shape index (κ3) is 4.56. The fourth-order valence-electron chi connectivity index (χ4n) is 2.06. The van der Waals surface area contributed by atoms with Crippen LogP contribution in [0.2, 0.25) is 0 Å². The number of para-hydroxylation sites is 1. The summed E-state index contributed by atoms with van der Waals surface area (Å²) in [7, 11) is 3.40. The highest BCUT2D eigenvalue weighted by Gasteiger charge is 2.19. The Kier molecular flexibility index (Phi) is 5.83. The van der Waals surface area contributed by atoms with Crippen molar-refractivity contribution in [3.8, 4) is 5.75 Å². The fraction of sp³-hybridized carbons (Fsp3) is 0.533. The third-order valence-corrected chi connectivity index (χ3v) is 3.02. The molecular weight excluding hydrogens is 240 g/mol. The molecular formula is C15H24N2O2. The van der Waals surface area contributed by atoms with Gasteiger partial charge in [-0.05, 0) is 18.4 Å². The fourth-order valence-corrected chi connectivity index (χ4v) is 2.06. The van der Waals surface area contributed by atoms with Crippen LogP contribution in [0.15, 0.2) is 24.3 Å². The Labute approximate surface area is 115 Å². The molecule has 0 spiro atoms. The van der Waals surface area contributed by atoms with E-state index in [4.69, 9.17) is 10.5 Å². The number of nitrogens with zero attached hydrogens (tertiary/aromatic N) is 1. The molecule has 0 unspecified atom stereocenters. The van der Waals surface area contributed by atoms with Gasteiger partial charge in [-0.3, -0.25) is 4.79 Å². The molecule has 0 fully saturated rings. The van der Waals surface area contributed by atoms with Crippen LogP contribution in [0.5, 0.6) is 5.75 Å². The third-order valence-electron chi connectivity index (χ3n) is 3.02. The normalized spacial score (nSPS) is 12.3. The summed E-state index contributed by atoms with van der Waals surface area (Å²) in [5, 5.41) is 0. The minimum atomic E-state index is -0.431. The summed E-state index contributed by atoms with van der Waals surface area (Å²) in [6.07, 6.45) is 0.703. The van der Waals surface area contributed by atoms with Crippen molar-refractivity contribution in [2.24, 2.45) is 11.7 Å². The molecule has 0 saturated heterocycles. The van der Waals surface area contributed by atoms with Crippen LogP contribution in [-0.4, -0.2) is 31.0 Å². The number of nitrogens with two attached hydrogens (primary N) is 1. The zero-order chi connectivity index (χ0) is 14.4. The van der Waals surface area contributed by atoms with E-state index in [0.717, 1.165) is 11.3 Å². The van der Waals surface area contributed by atoms with Crippen molar-refractivity contribution in [2.45, 2.75) is 32.9 Å². The van der Waals surface area contributed by atoms with Gasteiger partial charge < -0.3 is 15.4 Å². The zero-order valence-corrected chi connectivity index (χ0v) is 12.2. The van der Waals surface area contributed by atoms with Crippen LogP contribution in [0.25, 0.3) is 0 Å². The van der Waals surface area contributed by atoms with Crippen LogP contribution in [0.1, 0.15) is 25.8 Å². The van der Waals surface area contributed by atoms with Gasteiger partial charge in [-0.1, -0.05) is 32.0 Å². The number of hydrogen-bond acceptors (Lipinski definition) is 3. The molecule has 1 aromatic carbocycles. The molecule has 0 radical (unpaired) electrons. The van der Waals surface area contributed by atoms with E-state index in [1.807, 2.05) is 24.3 Å². The molecule has 19 heavy (non-hydrogen) atoms. The molecule has 0 bridgehead atoms. The summed E-state index contributed by atoms with van der Waals surface area (Å²) in [5.41, 5.74) is 6.90. The van der Waals surface area contributed by atoms with Crippen LogP contribution < -0.4 is 10.5 Å². The first-order valence-electron chi connectivity index (χ1n) is 6.58. The Hall–Kier alpha value is -1.55. The van der Waals surface area contributed by atoms with Crippen molar-refractivity contribution >= 4 is 5.91 Å². The molecule has 1 amide bonds. The highest BCUT2D eigenvalue weighted by Crippen LogP contribution is 2.19. The van der Waals surface area contributed by atoms with Gasteiger partial charge in [-0.2, -0.15) is 0 Å². The van der Waals surface area contributed by atoms with Crippen molar-refractivity contribution in [2.75, 3.05) is 14.2 Å². The predicted octanol–water partition coefficient (Wildman–Crippen LogP) is 2.03. The molecule has 106 valence electrons. The summed E-state index contributed by atoms with van der Waals surface area (Å²) in [6.45, 7) is 4.63. The lowest BCUT2D eigenvalue weighted by Gasteiger charge is -2.23. The summed E-state index contributed by atoms with van der Waals surface area (Å²) >= 11 is 0. The number of rotatable bonds is 6. The van der Waals surface area contributed by atoms with E-state index in [2.05, 4.69) is 13.8 Å². The number of carbonyl (C=O) groups excluding carboxylic acids is 1. The van der Waals surface area contributed by atoms with Gasteiger partial charge in [0.05, 0.1) is 13.2 Å². The van der Waals surface area contributed by atoms with E-state index in [1.165, 1.54) is 0 Å². The maximum atomic E-state index is 12.1. The number of methoxy groups -OCH3 is 1. The first-order valence-corrected chi connectivity index (χ1v) is 6.58. The Morgan fingerprint density at radius 2 is 2.00 bits per heavy atom. The van der Waals surface area contributed by atoms with Crippen molar-refractivity contribution < 1.29 is 9.53 Å². The van der Waals surface area contributed by atoms with Gasteiger partial charge in [0.2, 0.25) is 5.91 Å². The Morgan fingerprint density at radius 1 is 1.37 bits per heavy atom. The lowest BCUT2D eigenvalue weighted by molar-refractivity contribution is -0.132. The second kappa shape index (κ2) is 7.14. The molecule has 0 heterocycles. The summed E-state index contributed by atoms with van der Waals surface area (Å²) in [5.74, 6) is 1.18. The van der Waals surface area contributed by atoms with Crippen molar-refractivity contribution in [1.82, 2.24) is 4.90 Å². The molecule has 0 aliphatic carbocycles. The van der Waals surface area contributed by atoms with Gasteiger partial charge in [0.25, 0.3) is 0 Å². The number of benzene rings is 1. The molecule has 1 rings (SSSR count). The first-order chi connectivity index (χ1) is 8.95. The van der Waals surface area contributed by atoms with E-state index < -0.39 is 6.04 Å². The number of likely N-dealkylation sites (N-methyl/N-ethyl adjacent to an activating group) is 1. The molecule has 0 aliphatic heterocycles. The lowest BCUT2D eigenvalue weighted by atomic mass is 10.0. The van der Waals surface area contributed by atoms with Gasteiger partial charge in [0, 0.05) is 19.2 Å². The molecule has 0 aromatic heterocycles. The van der Waals surface area contributed by atoms with Crippen LogP contribution >= 0.6 is 0 Å². The Balaban J connectivity index is 2.68. The van der Waals surface area contributed by atoms with Crippen LogP contribution in [0.4, 0.5) is 0 Å². The second-order valence-corrected chi connectivity index (χ2v) is 5.24. The van der Waals surface area contributed by atoms with Gasteiger partial charge in [-0.25, -0.2) is 0 Å². The van der Waals surface area contributed by atoms with E-state index in [0.29, 0.717) is 18.9 Å². The largest absolute Gasteiger partial charge is 0.496 e. The average Bonchev–Trinajstić information content (AvgIpc) is 2.37. The molecule has 0 saturated carbocycles. The van der Waals surface area contributed by atoms with Crippen LogP contribution in [0, 0.1) is 5.92 Å². The first kappa shape index (κ1) is 15.5. The Bertz CT molecular complexity index is 418. The van der Waals surface area contributed by atoms with Crippen molar-refractivity contribution in [1.29, 1.82) is 0 Å². The topological polar surface area (TPSA) is 55.6 Å². The zero-order valence-electron chi connectivity index (χ0n) is 12.2. The van der Waals surface area contributed by atoms with E-state index in [-0.39, 0.29) is 5.91 Å². The predicted molar refractivity (Wildman–Crippen MR) is 76.9 cm³/mol. The SMILES string of the molecule is COc1ccccc1CN(C)C(=O)[C@@H](N)CC(C)C. The molecule has 1 atom stereocenters. The van der Waals surface area contributed by atoms with Gasteiger partial charge in [0.1, 0.15) is 5.75 Å². The highest BCUT2D eigenvalue weighted by molar-refractivity contribution is 5.81. The smallest absolute Gasteiger partial charge is 0.239 e. The number of hydrogen-bond donors (Lipinski definition) is 1. The average molecular weight is 264 g/mol. The van der Waals surface area contributed by atoms with E-state index in [9.17, 15) is 4.79 Å². The molecule has 2 N–H and O–H groups in total. The molecule has 4 nitrogen and oxygen atoms in total.